The molecule has 0 bridgehead atoms. The number of nitrogens with zero attached hydrogens (tertiary/aromatic N) is 2. The lowest BCUT2D eigenvalue weighted by molar-refractivity contribution is -0.146. The van der Waals surface area contributed by atoms with Gasteiger partial charge in [0.2, 0.25) is 0 Å². The summed E-state index contributed by atoms with van der Waals surface area (Å²) in [6.07, 6.45) is 2.51. The predicted molar refractivity (Wildman–Crippen MR) is 62.1 cm³/mol. The van der Waals surface area contributed by atoms with Crippen molar-refractivity contribution in [1.29, 1.82) is 0 Å². The Bertz CT molecular complexity index is 511. The molecule has 1 fully saturated rings. The van der Waals surface area contributed by atoms with Crippen LogP contribution in [0.4, 0.5) is 0 Å². The van der Waals surface area contributed by atoms with Crippen LogP contribution in [0.1, 0.15) is 19.8 Å². The van der Waals surface area contributed by atoms with E-state index in [-0.39, 0.29) is 11.6 Å². The van der Waals surface area contributed by atoms with E-state index >= 15 is 0 Å². The summed E-state index contributed by atoms with van der Waals surface area (Å²) in [5.74, 6) is -0.488. The third-order valence-electron chi connectivity index (χ3n) is 2.82. The maximum absolute atomic E-state index is 12.3. The highest BCUT2D eigenvalue weighted by Gasteiger charge is 2.40. The first-order chi connectivity index (χ1) is 8.57. The number of carbonyl (C=O) groups excluding carboxylic acids is 1. The van der Waals surface area contributed by atoms with Crippen LogP contribution < -0.4 is 0 Å². The highest BCUT2D eigenvalue weighted by molar-refractivity contribution is 7.89. The Morgan fingerprint density at radius 2 is 2.44 bits per heavy atom. The Morgan fingerprint density at radius 3 is 3.06 bits per heavy atom. The fourth-order valence-corrected chi connectivity index (χ4v) is 3.56. The van der Waals surface area contributed by atoms with Crippen molar-refractivity contribution in [3.05, 3.63) is 12.3 Å². The minimum Gasteiger partial charge on any atom is -0.465 e. The zero-order chi connectivity index (χ0) is 13.2. The summed E-state index contributed by atoms with van der Waals surface area (Å²) in [6, 6.07) is 0.647. The molecule has 1 unspecified atom stereocenters. The molecule has 0 aromatic carbocycles. The number of ether oxygens (including phenoxy) is 1. The first kappa shape index (κ1) is 13.0. The van der Waals surface area contributed by atoms with E-state index in [1.54, 1.807) is 6.92 Å². The van der Waals surface area contributed by atoms with E-state index in [1.165, 1.54) is 16.6 Å². The Labute approximate surface area is 105 Å². The number of sulfonamides is 1. The molecule has 1 aromatic rings. The van der Waals surface area contributed by atoms with E-state index in [4.69, 9.17) is 4.74 Å². The van der Waals surface area contributed by atoms with Gasteiger partial charge in [0.1, 0.15) is 6.04 Å². The van der Waals surface area contributed by atoms with E-state index < -0.39 is 22.0 Å². The van der Waals surface area contributed by atoms with Crippen LogP contribution in [0.3, 0.4) is 0 Å². The number of H-pyrrole nitrogens is 1. The number of hydrogen-bond acceptors (Lipinski definition) is 5. The Hall–Kier alpha value is -1.41. The largest absolute Gasteiger partial charge is 0.465 e. The molecular formula is C10H15N3O4S. The second kappa shape index (κ2) is 5.07. The van der Waals surface area contributed by atoms with E-state index in [9.17, 15) is 13.2 Å². The lowest BCUT2D eigenvalue weighted by Crippen LogP contribution is -2.41. The van der Waals surface area contributed by atoms with Crippen molar-refractivity contribution < 1.29 is 17.9 Å². The molecule has 0 spiro atoms. The van der Waals surface area contributed by atoms with E-state index in [0.717, 1.165) is 0 Å². The van der Waals surface area contributed by atoms with Gasteiger partial charge in [0.25, 0.3) is 10.0 Å². The molecule has 18 heavy (non-hydrogen) atoms. The van der Waals surface area contributed by atoms with Gasteiger partial charge >= 0.3 is 5.97 Å². The van der Waals surface area contributed by atoms with Gasteiger partial charge in [-0.1, -0.05) is 0 Å². The van der Waals surface area contributed by atoms with Gasteiger partial charge in [-0.2, -0.15) is 9.40 Å². The third-order valence-corrected chi connectivity index (χ3v) is 4.66. The molecule has 1 aliphatic rings. The third kappa shape index (κ3) is 2.25. The van der Waals surface area contributed by atoms with Crippen molar-refractivity contribution >= 4 is 16.0 Å². The summed E-state index contributed by atoms with van der Waals surface area (Å²) in [5.41, 5.74) is 0. The molecule has 1 saturated heterocycles. The highest BCUT2D eigenvalue weighted by Crippen LogP contribution is 2.25. The molecule has 0 saturated carbocycles. The van der Waals surface area contributed by atoms with Crippen molar-refractivity contribution in [3.63, 3.8) is 0 Å². The lowest BCUT2D eigenvalue weighted by Gasteiger charge is -2.21. The van der Waals surface area contributed by atoms with Crippen LogP contribution in [-0.4, -0.2) is 48.1 Å². The minimum atomic E-state index is -3.69. The summed E-state index contributed by atoms with van der Waals surface area (Å²) < 4.78 is 30.6. The maximum Gasteiger partial charge on any atom is 0.324 e. The molecule has 1 N–H and O–H groups in total. The normalized spacial score (nSPS) is 21.1. The Kier molecular flexibility index (Phi) is 3.67. The van der Waals surface area contributed by atoms with Gasteiger partial charge in [-0.15, -0.1) is 0 Å². The molecular weight excluding hydrogens is 258 g/mol. The number of aromatic nitrogens is 2. The van der Waals surface area contributed by atoms with Gasteiger partial charge in [-0.25, -0.2) is 8.42 Å². The predicted octanol–water partition coefficient (Wildman–Crippen LogP) is 0.126. The minimum absolute atomic E-state index is 0.00121. The first-order valence-electron chi connectivity index (χ1n) is 5.75. The van der Waals surface area contributed by atoms with Crippen molar-refractivity contribution in [3.8, 4) is 0 Å². The molecule has 2 heterocycles. The second-order valence-corrected chi connectivity index (χ2v) is 5.81. The Morgan fingerprint density at radius 1 is 1.67 bits per heavy atom. The van der Waals surface area contributed by atoms with E-state index in [2.05, 4.69) is 10.2 Å². The monoisotopic (exact) mass is 273 g/mol. The van der Waals surface area contributed by atoms with Gasteiger partial charge in [-0.05, 0) is 25.8 Å². The van der Waals surface area contributed by atoms with Crippen LogP contribution in [0.15, 0.2) is 17.3 Å². The average molecular weight is 273 g/mol. The summed E-state index contributed by atoms with van der Waals surface area (Å²) >= 11 is 0. The number of esters is 1. The van der Waals surface area contributed by atoms with Gasteiger partial charge in [0, 0.05) is 6.54 Å². The molecule has 100 valence electrons. The van der Waals surface area contributed by atoms with Gasteiger partial charge < -0.3 is 4.74 Å². The van der Waals surface area contributed by atoms with E-state index in [0.29, 0.717) is 19.4 Å². The van der Waals surface area contributed by atoms with Crippen molar-refractivity contribution in [2.75, 3.05) is 13.2 Å². The average Bonchev–Trinajstić information content (AvgIpc) is 3.01. The van der Waals surface area contributed by atoms with Crippen LogP contribution in [-0.2, 0) is 19.6 Å². The molecule has 1 aliphatic heterocycles. The quantitative estimate of drug-likeness (QED) is 0.787. The number of hydrogen-bond donors (Lipinski definition) is 1. The van der Waals surface area contributed by atoms with Crippen LogP contribution in [0.5, 0.6) is 0 Å². The van der Waals surface area contributed by atoms with Crippen molar-refractivity contribution in [2.24, 2.45) is 0 Å². The fraction of sp³-hybridized carbons (Fsp3) is 0.600. The SMILES string of the molecule is CCOC(=O)C1CCCN1S(=O)(=O)c1ccn[nH]1. The van der Waals surface area contributed by atoms with Gasteiger partial charge in [0.05, 0.1) is 12.8 Å². The van der Waals surface area contributed by atoms with Crippen LogP contribution >= 0.6 is 0 Å². The molecule has 0 radical (unpaired) electrons. The standard InChI is InChI=1S/C10H15N3O4S/c1-2-17-10(14)8-4-3-7-13(8)18(15,16)9-5-6-11-12-9/h5-6,8H,2-4,7H2,1H3,(H,11,12). The van der Waals surface area contributed by atoms with Crippen molar-refractivity contribution in [2.45, 2.75) is 30.8 Å². The van der Waals surface area contributed by atoms with Crippen LogP contribution in [0, 0.1) is 0 Å². The van der Waals surface area contributed by atoms with Crippen molar-refractivity contribution in [1.82, 2.24) is 14.5 Å². The Balaban J connectivity index is 2.24. The van der Waals surface area contributed by atoms with E-state index in [1.807, 2.05) is 0 Å². The number of carbonyl (C=O) groups is 1. The lowest BCUT2D eigenvalue weighted by atomic mass is 10.2. The fourth-order valence-electron chi connectivity index (χ4n) is 2.01. The summed E-state index contributed by atoms with van der Waals surface area (Å²) in [7, 11) is -3.69. The molecule has 7 nitrogen and oxygen atoms in total. The molecule has 0 aliphatic carbocycles. The molecule has 2 rings (SSSR count). The topological polar surface area (TPSA) is 92.4 Å². The van der Waals surface area contributed by atoms with Crippen LogP contribution in [0.25, 0.3) is 0 Å². The zero-order valence-electron chi connectivity index (χ0n) is 10.00. The zero-order valence-corrected chi connectivity index (χ0v) is 10.8. The molecule has 0 amide bonds. The highest BCUT2D eigenvalue weighted by atomic mass is 32.2. The number of rotatable bonds is 4. The van der Waals surface area contributed by atoms with Gasteiger partial charge in [-0.3, -0.25) is 9.89 Å². The number of aromatic amines is 1. The summed E-state index contributed by atoms with van der Waals surface area (Å²) in [6.45, 7) is 2.26. The smallest absolute Gasteiger partial charge is 0.324 e. The second-order valence-electron chi connectivity index (χ2n) is 3.95. The molecule has 8 heteroatoms. The number of nitrogens with one attached hydrogen (secondary N) is 1. The first-order valence-corrected chi connectivity index (χ1v) is 7.19. The molecule has 1 aromatic heterocycles. The molecule has 1 atom stereocenters. The summed E-state index contributed by atoms with van der Waals surface area (Å²) in [4.78, 5) is 11.7. The van der Waals surface area contributed by atoms with Crippen LogP contribution in [0.2, 0.25) is 0 Å². The summed E-state index contributed by atoms with van der Waals surface area (Å²) in [5, 5.41) is 6.03. The maximum atomic E-state index is 12.3. The van der Waals surface area contributed by atoms with Gasteiger partial charge in [0.15, 0.2) is 5.03 Å².